The first-order chi connectivity index (χ1) is 13.9. The molecular weight excluding hydrogens is 388 g/mol. The largest absolute Gasteiger partial charge is 0.480 e. The van der Waals surface area contributed by atoms with Crippen LogP contribution in [0.1, 0.15) is 46.6 Å². The van der Waals surface area contributed by atoms with E-state index in [1.54, 1.807) is 20.8 Å². The van der Waals surface area contributed by atoms with Crippen molar-refractivity contribution in [2.45, 2.75) is 65.3 Å². The van der Waals surface area contributed by atoms with Crippen LogP contribution in [0.4, 0.5) is 4.79 Å². The summed E-state index contributed by atoms with van der Waals surface area (Å²) in [6, 6.07) is 7.12. The van der Waals surface area contributed by atoms with E-state index in [1.165, 1.54) is 11.9 Å². The molecule has 0 saturated carbocycles. The maximum atomic E-state index is 12.9. The third-order valence-corrected chi connectivity index (χ3v) is 4.26. The molecule has 0 aliphatic rings. The predicted octanol–water partition coefficient (Wildman–Crippen LogP) is 3.05. The zero-order valence-corrected chi connectivity index (χ0v) is 18.7. The normalized spacial score (nSPS) is 13.4. The zero-order valence-electron chi connectivity index (χ0n) is 18.7. The summed E-state index contributed by atoms with van der Waals surface area (Å²) in [4.78, 5) is 38.1. The van der Waals surface area contributed by atoms with Gasteiger partial charge >= 0.3 is 12.1 Å². The van der Waals surface area contributed by atoms with Crippen molar-refractivity contribution in [3.63, 3.8) is 0 Å². The van der Waals surface area contributed by atoms with Gasteiger partial charge in [0.25, 0.3) is 0 Å². The number of nitrogens with one attached hydrogen (secondary N) is 1. The van der Waals surface area contributed by atoms with E-state index in [2.05, 4.69) is 5.32 Å². The Morgan fingerprint density at radius 3 is 2.23 bits per heavy atom. The van der Waals surface area contributed by atoms with Gasteiger partial charge in [-0.1, -0.05) is 44.2 Å². The SMILES string of the molecule is CC(C)C[C@@H](C(=O)N[C@H](COC(C)(C)C)C(=O)O)N(C)C(=O)OCc1ccccc1. The fraction of sp³-hybridized carbons (Fsp3) is 0.591. The molecule has 1 rings (SSSR count). The quantitative estimate of drug-likeness (QED) is 0.600. The van der Waals surface area contributed by atoms with Gasteiger partial charge in [0, 0.05) is 7.05 Å². The van der Waals surface area contributed by atoms with E-state index in [4.69, 9.17) is 9.47 Å². The Hall–Kier alpha value is -2.61. The molecule has 1 aromatic carbocycles. The predicted molar refractivity (Wildman–Crippen MR) is 113 cm³/mol. The van der Waals surface area contributed by atoms with Gasteiger partial charge in [-0.25, -0.2) is 9.59 Å². The number of carbonyl (C=O) groups excluding carboxylic acids is 2. The van der Waals surface area contributed by atoms with Crippen LogP contribution >= 0.6 is 0 Å². The molecule has 30 heavy (non-hydrogen) atoms. The Morgan fingerprint density at radius 1 is 1.13 bits per heavy atom. The fourth-order valence-electron chi connectivity index (χ4n) is 2.61. The van der Waals surface area contributed by atoms with Crippen molar-refractivity contribution in [2.24, 2.45) is 5.92 Å². The van der Waals surface area contributed by atoms with Gasteiger partial charge < -0.3 is 19.9 Å². The summed E-state index contributed by atoms with van der Waals surface area (Å²) in [5, 5.41) is 11.9. The van der Waals surface area contributed by atoms with Gasteiger partial charge in [-0.3, -0.25) is 9.69 Å². The van der Waals surface area contributed by atoms with Crippen LogP contribution in [-0.2, 0) is 25.7 Å². The van der Waals surface area contributed by atoms with Gasteiger partial charge in [-0.05, 0) is 38.7 Å². The highest BCUT2D eigenvalue weighted by Gasteiger charge is 2.32. The minimum absolute atomic E-state index is 0.0806. The number of nitrogens with zero attached hydrogens (tertiary/aromatic N) is 1. The summed E-state index contributed by atoms with van der Waals surface area (Å²) in [5.74, 6) is -1.67. The lowest BCUT2D eigenvalue weighted by Crippen LogP contribution is -2.54. The molecule has 0 spiro atoms. The molecule has 2 atom stereocenters. The number of hydrogen-bond acceptors (Lipinski definition) is 5. The lowest BCUT2D eigenvalue weighted by molar-refractivity contribution is -0.146. The fourth-order valence-corrected chi connectivity index (χ4v) is 2.61. The molecule has 0 aliphatic carbocycles. The van der Waals surface area contributed by atoms with Gasteiger partial charge in [0.1, 0.15) is 12.6 Å². The standard InChI is InChI=1S/C22H34N2O6/c1-15(2)12-18(19(25)23-17(20(26)27)14-30-22(3,4)5)24(6)21(28)29-13-16-10-8-7-9-11-16/h7-11,15,17-18H,12-14H2,1-6H3,(H,23,25)(H,26,27)/t17-,18+/m1/s1. The van der Waals surface area contributed by atoms with Crippen molar-refractivity contribution in [3.8, 4) is 0 Å². The van der Waals surface area contributed by atoms with Crippen LogP contribution in [0, 0.1) is 5.92 Å². The Balaban J connectivity index is 2.82. The summed E-state index contributed by atoms with van der Waals surface area (Å²) in [5.41, 5.74) is 0.280. The Labute approximate surface area is 178 Å². The van der Waals surface area contributed by atoms with Crippen molar-refractivity contribution in [1.82, 2.24) is 10.2 Å². The highest BCUT2D eigenvalue weighted by atomic mass is 16.6. The maximum Gasteiger partial charge on any atom is 0.410 e. The molecule has 0 aliphatic heterocycles. The first-order valence-electron chi connectivity index (χ1n) is 10.0. The summed E-state index contributed by atoms with van der Waals surface area (Å²) >= 11 is 0. The smallest absolute Gasteiger partial charge is 0.410 e. The minimum atomic E-state index is -1.22. The molecule has 0 heterocycles. The third-order valence-electron chi connectivity index (χ3n) is 4.26. The number of hydrogen-bond donors (Lipinski definition) is 2. The molecule has 0 radical (unpaired) electrons. The monoisotopic (exact) mass is 422 g/mol. The Bertz CT molecular complexity index is 699. The molecule has 1 aromatic rings. The summed E-state index contributed by atoms with van der Waals surface area (Å²) in [6.07, 6.45) is -0.299. The number of aliphatic carboxylic acids is 1. The third kappa shape index (κ3) is 9.26. The molecule has 168 valence electrons. The number of amides is 2. The second kappa shape index (κ2) is 11.5. The van der Waals surface area contributed by atoms with Crippen LogP contribution in [0.15, 0.2) is 30.3 Å². The van der Waals surface area contributed by atoms with E-state index in [0.29, 0.717) is 6.42 Å². The number of carboxylic acid groups (broad SMARTS) is 1. The van der Waals surface area contributed by atoms with Gasteiger partial charge in [-0.15, -0.1) is 0 Å². The number of likely N-dealkylation sites (N-methyl/N-ethyl adjacent to an activating group) is 1. The van der Waals surface area contributed by atoms with E-state index in [0.717, 1.165) is 5.56 Å². The molecule has 8 nitrogen and oxygen atoms in total. The van der Waals surface area contributed by atoms with E-state index in [-0.39, 0.29) is 19.1 Å². The zero-order chi connectivity index (χ0) is 22.9. The lowest BCUT2D eigenvalue weighted by Gasteiger charge is -2.29. The topological polar surface area (TPSA) is 105 Å². The van der Waals surface area contributed by atoms with Crippen molar-refractivity contribution in [2.75, 3.05) is 13.7 Å². The van der Waals surface area contributed by atoms with Crippen LogP contribution in [0.25, 0.3) is 0 Å². The Kier molecular flexibility index (Phi) is 9.78. The number of ether oxygens (including phenoxy) is 2. The maximum absolute atomic E-state index is 12.9. The summed E-state index contributed by atoms with van der Waals surface area (Å²) in [7, 11) is 1.47. The average Bonchev–Trinajstić information content (AvgIpc) is 2.66. The first kappa shape index (κ1) is 25.4. The molecule has 0 saturated heterocycles. The van der Waals surface area contributed by atoms with Crippen LogP contribution in [0.3, 0.4) is 0 Å². The van der Waals surface area contributed by atoms with Crippen LogP contribution in [0.2, 0.25) is 0 Å². The van der Waals surface area contributed by atoms with Gasteiger partial charge in [-0.2, -0.15) is 0 Å². The number of rotatable bonds is 10. The molecule has 2 N–H and O–H groups in total. The van der Waals surface area contributed by atoms with E-state index in [1.807, 2.05) is 44.2 Å². The summed E-state index contributed by atoms with van der Waals surface area (Å²) in [6.45, 7) is 9.13. The molecular formula is C22H34N2O6. The van der Waals surface area contributed by atoms with Crippen molar-refractivity contribution in [3.05, 3.63) is 35.9 Å². The first-order valence-corrected chi connectivity index (χ1v) is 10.0. The van der Waals surface area contributed by atoms with E-state index in [9.17, 15) is 19.5 Å². The molecule has 0 unspecified atom stereocenters. The van der Waals surface area contributed by atoms with Gasteiger partial charge in [0.05, 0.1) is 12.2 Å². The highest BCUT2D eigenvalue weighted by Crippen LogP contribution is 2.14. The van der Waals surface area contributed by atoms with Crippen LogP contribution in [0.5, 0.6) is 0 Å². The number of carboxylic acids is 1. The minimum Gasteiger partial charge on any atom is -0.480 e. The molecule has 0 aromatic heterocycles. The molecule has 0 fully saturated rings. The van der Waals surface area contributed by atoms with E-state index < -0.39 is 35.7 Å². The van der Waals surface area contributed by atoms with Crippen molar-refractivity contribution < 1.29 is 29.0 Å². The van der Waals surface area contributed by atoms with Crippen LogP contribution in [-0.4, -0.2) is 59.3 Å². The van der Waals surface area contributed by atoms with Gasteiger partial charge in [0.15, 0.2) is 6.04 Å². The second-order valence-electron chi connectivity index (χ2n) is 8.62. The van der Waals surface area contributed by atoms with Crippen molar-refractivity contribution in [1.29, 1.82) is 0 Å². The van der Waals surface area contributed by atoms with Crippen LogP contribution < -0.4 is 5.32 Å². The second-order valence-corrected chi connectivity index (χ2v) is 8.62. The molecule has 8 heteroatoms. The number of benzene rings is 1. The average molecular weight is 423 g/mol. The highest BCUT2D eigenvalue weighted by molar-refractivity contribution is 5.89. The molecule has 2 amide bonds. The van der Waals surface area contributed by atoms with Crippen molar-refractivity contribution >= 4 is 18.0 Å². The Morgan fingerprint density at radius 2 is 1.73 bits per heavy atom. The number of carbonyl (C=O) groups is 3. The van der Waals surface area contributed by atoms with E-state index >= 15 is 0 Å². The lowest BCUT2D eigenvalue weighted by atomic mass is 10.0. The van der Waals surface area contributed by atoms with Gasteiger partial charge in [0.2, 0.25) is 5.91 Å². The summed E-state index contributed by atoms with van der Waals surface area (Å²) < 4.78 is 10.8. The molecule has 0 bridgehead atoms.